The lowest BCUT2D eigenvalue weighted by Gasteiger charge is -2.24. The summed E-state index contributed by atoms with van der Waals surface area (Å²) >= 11 is 6.01. The van der Waals surface area contributed by atoms with Crippen LogP contribution >= 0.6 is 11.6 Å². The van der Waals surface area contributed by atoms with Gasteiger partial charge in [-0.15, -0.1) is 0 Å². The Balaban J connectivity index is 2.38. The van der Waals surface area contributed by atoms with Crippen molar-refractivity contribution in [3.63, 3.8) is 0 Å². The average Bonchev–Trinajstić information content (AvgIpc) is 2.27. The van der Waals surface area contributed by atoms with Crippen LogP contribution in [-0.4, -0.2) is 18.1 Å². The van der Waals surface area contributed by atoms with Gasteiger partial charge in [0.25, 0.3) is 0 Å². The number of halogens is 1. The molecule has 0 bridgehead atoms. The largest absolute Gasteiger partial charge is 0.311 e. The first-order valence-corrected chi connectivity index (χ1v) is 6.89. The lowest BCUT2D eigenvalue weighted by atomic mass is 10.1. The Kier molecular flexibility index (Phi) is 5.64. The molecule has 0 spiro atoms. The van der Waals surface area contributed by atoms with E-state index in [0.717, 1.165) is 23.7 Å². The molecule has 0 heterocycles. The van der Waals surface area contributed by atoms with E-state index in [4.69, 9.17) is 11.6 Å². The Labute approximate surface area is 116 Å². The SMILES string of the molecule is Cc1cc(CNC(C)CNC(C)(C)C)ccc1Cl. The summed E-state index contributed by atoms with van der Waals surface area (Å²) in [4.78, 5) is 0. The van der Waals surface area contributed by atoms with Crippen molar-refractivity contribution in [2.24, 2.45) is 0 Å². The smallest absolute Gasteiger partial charge is 0.0435 e. The third kappa shape index (κ3) is 5.85. The van der Waals surface area contributed by atoms with Crippen molar-refractivity contribution in [2.75, 3.05) is 6.54 Å². The Bertz CT molecular complexity index is 383. The number of rotatable bonds is 5. The summed E-state index contributed by atoms with van der Waals surface area (Å²) < 4.78 is 0. The van der Waals surface area contributed by atoms with Crippen LogP contribution in [0.25, 0.3) is 0 Å². The van der Waals surface area contributed by atoms with Crippen molar-refractivity contribution in [1.82, 2.24) is 10.6 Å². The van der Waals surface area contributed by atoms with E-state index < -0.39 is 0 Å². The van der Waals surface area contributed by atoms with Gasteiger partial charge in [0, 0.05) is 29.7 Å². The van der Waals surface area contributed by atoms with E-state index in [0.29, 0.717) is 6.04 Å². The van der Waals surface area contributed by atoms with Crippen LogP contribution in [-0.2, 0) is 6.54 Å². The fraction of sp³-hybridized carbons (Fsp3) is 0.600. The molecule has 1 rings (SSSR count). The first-order valence-electron chi connectivity index (χ1n) is 6.51. The molecular formula is C15H25ClN2. The molecule has 2 nitrogen and oxygen atoms in total. The summed E-state index contributed by atoms with van der Waals surface area (Å²) in [5.74, 6) is 0. The fourth-order valence-electron chi connectivity index (χ4n) is 1.64. The van der Waals surface area contributed by atoms with Crippen LogP contribution in [0.3, 0.4) is 0 Å². The summed E-state index contributed by atoms with van der Waals surface area (Å²) in [5.41, 5.74) is 2.59. The topological polar surface area (TPSA) is 24.1 Å². The van der Waals surface area contributed by atoms with Crippen molar-refractivity contribution in [1.29, 1.82) is 0 Å². The number of hydrogen-bond donors (Lipinski definition) is 2. The molecule has 0 fully saturated rings. The summed E-state index contributed by atoms with van der Waals surface area (Å²) in [6, 6.07) is 6.62. The van der Waals surface area contributed by atoms with Gasteiger partial charge in [-0.3, -0.25) is 0 Å². The molecule has 1 unspecified atom stereocenters. The summed E-state index contributed by atoms with van der Waals surface area (Å²) in [7, 11) is 0. The second-order valence-corrected chi connectivity index (χ2v) is 6.40. The van der Waals surface area contributed by atoms with Crippen LogP contribution in [0.2, 0.25) is 5.02 Å². The average molecular weight is 269 g/mol. The lowest BCUT2D eigenvalue weighted by molar-refractivity contribution is 0.387. The molecule has 1 aromatic rings. The molecule has 102 valence electrons. The highest BCUT2D eigenvalue weighted by Crippen LogP contribution is 2.16. The zero-order chi connectivity index (χ0) is 13.8. The molecule has 0 saturated carbocycles. The van der Waals surface area contributed by atoms with Crippen molar-refractivity contribution in [2.45, 2.75) is 52.7 Å². The molecule has 1 atom stereocenters. The van der Waals surface area contributed by atoms with Crippen LogP contribution in [0.15, 0.2) is 18.2 Å². The number of benzene rings is 1. The second-order valence-electron chi connectivity index (χ2n) is 6.00. The van der Waals surface area contributed by atoms with Gasteiger partial charge in [0.15, 0.2) is 0 Å². The Morgan fingerprint density at radius 2 is 1.94 bits per heavy atom. The van der Waals surface area contributed by atoms with Gasteiger partial charge in [0.05, 0.1) is 0 Å². The highest BCUT2D eigenvalue weighted by atomic mass is 35.5. The maximum Gasteiger partial charge on any atom is 0.0435 e. The first kappa shape index (κ1) is 15.5. The summed E-state index contributed by atoms with van der Waals surface area (Å²) in [6.07, 6.45) is 0. The normalized spacial score (nSPS) is 13.7. The van der Waals surface area contributed by atoms with E-state index in [1.807, 2.05) is 13.0 Å². The highest BCUT2D eigenvalue weighted by Gasteiger charge is 2.10. The Morgan fingerprint density at radius 1 is 1.28 bits per heavy atom. The van der Waals surface area contributed by atoms with Gasteiger partial charge in [0.2, 0.25) is 0 Å². The molecule has 0 aliphatic heterocycles. The molecule has 0 aromatic heterocycles. The zero-order valence-corrected chi connectivity index (χ0v) is 12.9. The molecule has 2 N–H and O–H groups in total. The minimum atomic E-state index is 0.173. The molecule has 18 heavy (non-hydrogen) atoms. The Hall–Kier alpha value is -0.570. The second kappa shape index (κ2) is 6.55. The molecule has 0 aliphatic carbocycles. The molecule has 0 radical (unpaired) electrons. The van der Waals surface area contributed by atoms with Gasteiger partial charge >= 0.3 is 0 Å². The molecule has 1 aromatic carbocycles. The quantitative estimate of drug-likeness (QED) is 0.854. The van der Waals surface area contributed by atoms with Gasteiger partial charge in [-0.1, -0.05) is 23.7 Å². The third-order valence-corrected chi connectivity index (χ3v) is 3.24. The van der Waals surface area contributed by atoms with Gasteiger partial charge in [0.1, 0.15) is 0 Å². The van der Waals surface area contributed by atoms with Crippen molar-refractivity contribution < 1.29 is 0 Å². The van der Waals surface area contributed by atoms with E-state index in [9.17, 15) is 0 Å². The van der Waals surface area contributed by atoms with Crippen molar-refractivity contribution in [3.05, 3.63) is 34.3 Å². The van der Waals surface area contributed by atoms with E-state index in [1.165, 1.54) is 5.56 Å². The van der Waals surface area contributed by atoms with Crippen molar-refractivity contribution in [3.8, 4) is 0 Å². The van der Waals surface area contributed by atoms with E-state index >= 15 is 0 Å². The predicted octanol–water partition coefficient (Wildman–Crippen LogP) is 3.51. The standard InChI is InChI=1S/C15H25ClN2/c1-11-8-13(6-7-14(11)16)10-17-12(2)9-18-15(3,4)5/h6-8,12,17-18H,9-10H2,1-5H3. The summed E-state index contributed by atoms with van der Waals surface area (Å²) in [6.45, 7) is 12.6. The van der Waals surface area contributed by atoms with E-state index in [-0.39, 0.29) is 5.54 Å². The highest BCUT2D eigenvalue weighted by molar-refractivity contribution is 6.31. The van der Waals surface area contributed by atoms with Crippen LogP contribution < -0.4 is 10.6 Å². The van der Waals surface area contributed by atoms with E-state index in [1.54, 1.807) is 0 Å². The van der Waals surface area contributed by atoms with Gasteiger partial charge in [-0.2, -0.15) is 0 Å². The van der Waals surface area contributed by atoms with Gasteiger partial charge in [-0.05, 0) is 51.8 Å². The van der Waals surface area contributed by atoms with Crippen LogP contribution in [0.4, 0.5) is 0 Å². The van der Waals surface area contributed by atoms with Crippen molar-refractivity contribution >= 4 is 11.6 Å². The minimum absolute atomic E-state index is 0.173. The predicted molar refractivity (Wildman–Crippen MR) is 80.2 cm³/mol. The third-order valence-electron chi connectivity index (χ3n) is 2.82. The van der Waals surface area contributed by atoms with Gasteiger partial charge in [-0.25, -0.2) is 0 Å². The maximum atomic E-state index is 6.01. The first-order chi connectivity index (χ1) is 8.28. The lowest BCUT2D eigenvalue weighted by Crippen LogP contribution is -2.44. The molecular weight excluding hydrogens is 244 g/mol. The fourth-order valence-corrected chi connectivity index (χ4v) is 1.76. The maximum absolute atomic E-state index is 6.01. The molecule has 3 heteroatoms. The van der Waals surface area contributed by atoms with E-state index in [2.05, 4.69) is 50.5 Å². The molecule has 0 amide bonds. The Morgan fingerprint density at radius 3 is 2.50 bits per heavy atom. The minimum Gasteiger partial charge on any atom is -0.311 e. The van der Waals surface area contributed by atoms with Crippen LogP contribution in [0, 0.1) is 6.92 Å². The number of hydrogen-bond acceptors (Lipinski definition) is 2. The number of aryl methyl sites for hydroxylation is 1. The molecule has 0 saturated heterocycles. The van der Waals surface area contributed by atoms with Crippen LogP contribution in [0.1, 0.15) is 38.8 Å². The number of nitrogens with one attached hydrogen (secondary N) is 2. The zero-order valence-electron chi connectivity index (χ0n) is 12.1. The monoisotopic (exact) mass is 268 g/mol. The molecule has 0 aliphatic rings. The van der Waals surface area contributed by atoms with Gasteiger partial charge < -0.3 is 10.6 Å². The summed E-state index contributed by atoms with van der Waals surface area (Å²) in [5, 5.41) is 7.84. The van der Waals surface area contributed by atoms with Crippen LogP contribution in [0.5, 0.6) is 0 Å².